The van der Waals surface area contributed by atoms with Crippen molar-refractivity contribution in [2.75, 3.05) is 33.4 Å². The van der Waals surface area contributed by atoms with Gasteiger partial charge in [-0.05, 0) is 13.0 Å². The Morgan fingerprint density at radius 3 is 3.17 bits per heavy atom. The van der Waals surface area contributed by atoms with Crippen LogP contribution >= 0.6 is 0 Å². The van der Waals surface area contributed by atoms with E-state index in [0.29, 0.717) is 6.04 Å². The van der Waals surface area contributed by atoms with E-state index < -0.39 is 0 Å². The molecule has 0 aromatic carbocycles. The largest absolute Gasteiger partial charge is 0.383 e. The highest BCUT2D eigenvalue weighted by Crippen LogP contribution is 2.09. The Balaban J connectivity index is 1.84. The molecule has 1 aromatic heterocycles. The average molecular weight is 253 g/mol. The van der Waals surface area contributed by atoms with Gasteiger partial charge in [-0.1, -0.05) is 6.92 Å². The predicted octanol–water partition coefficient (Wildman–Crippen LogP) is 0.108. The number of hydrogen-bond donors (Lipinski definition) is 1. The summed E-state index contributed by atoms with van der Waals surface area (Å²) in [5.74, 6) is 1.06. The van der Waals surface area contributed by atoms with Gasteiger partial charge in [0.25, 0.3) is 0 Å². The minimum Gasteiger partial charge on any atom is -0.383 e. The predicted molar refractivity (Wildman–Crippen MR) is 69.3 cm³/mol. The standard InChI is InChI=1S/C12H23N5O/c1-3-4-13-11(9-18-2)7-16-5-6-17-10-14-15-12(17)8-16/h10-11,13H,3-9H2,1-2H3. The number of ether oxygens (including phenoxy) is 1. The topological polar surface area (TPSA) is 55.2 Å². The van der Waals surface area contributed by atoms with Crippen LogP contribution in [0, 0.1) is 0 Å². The Hall–Kier alpha value is -0.980. The zero-order chi connectivity index (χ0) is 12.8. The van der Waals surface area contributed by atoms with Gasteiger partial charge in [-0.25, -0.2) is 0 Å². The van der Waals surface area contributed by atoms with Crippen molar-refractivity contribution in [3.8, 4) is 0 Å². The molecule has 6 heteroatoms. The summed E-state index contributed by atoms with van der Waals surface area (Å²) >= 11 is 0. The number of nitrogens with one attached hydrogen (secondary N) is 1. The molecular formula is C12H23N5O. The molecule has 6 nitrogen and oxygen atoms in total. The van der Waals surface area contributed by atoms with E-state index in [1.165, 1.54) is 0 Å². The van der Waals surface area contributed by atoms with Crippen molar-refractivity contribution in [1.82, 2.24) is 25.0 Å². The average Bonchev–Trinajstić information content (AvgIpc) is 2.83. The van der Waals surface area contributed by atoms with Gasteiger partial charge in [0.15, 0.2) is 0 Å². The zero-order valence-corrected chi connectivity index (χ0v) is 11.3. The molecular weight excluding hydrogens is 230 g/mol. The zero-order valence-electron chi connectivity index (χ0n) is 11.3. The molecule has 1 aliphatic heterocycles. The maximum atomic E-state index is 5.27. The van der Waals surface area contributed by atoms with E-state index in [4.69, 9.17) is 4.74 Å². The second-order valence-electron chi connectivity index (χ2n) is 4.78. The molecule has 1 atom stereocenters. The van der Waals surface area contributed by atoms with E-state index in [1.807, 2.05) is 6.33 Å². The molecule has 1 aromatic rings. The molecule has 102 valence electrons. The first kappa shape index (κ1) is 13.5. The van der Waals surface area contributed by atoms with Crippen molar-refractivity contribution >= 4 is 0 Å². The summed E-state index contributed by atoms with van der Waals surface area (Å²) in [7, 11) is 1.76. The Labute approximate surface area is 108 Å². The molecule has 0 bridgehead atoms. The lowest BCUT2D eigenvalue weighted by Gasteiger charge is -2.30. The lowest BCUT2D eigenvalue weighted by molar-refractivity contribution is 0.125. The van der Waals surface area contributed by atoms with E-state index in [2.05, 4.69) is 31.9 Å². The van der Waals surface area contributed by atoms with Crippen molar-refractivity contribution in [3.05, 3.63) is 12.2 Å². The molecule has 0 saturated carbocycles. The van der Waals surface area contributed by atoms with Crippen LogP contribution in [0.25, 0.3) is 0 Å². The molecule has 0 radical (unpaired) electrons. The van der Waals surface area contributed by atoms with Crippen LogP contribution in [0.1, 0.15) is 19.2 Å². The Kier molecular flexibility index (Phi) is 5.10. The third kappa shape index (κ3) is 3.51. The van der Waals surface area contributed by atoms with Crippen LogP contribution in [0.3, 0.4) is 0 Å². The third-order valence-electron chi connectivity index (χ3n) is 3.25. The molecule has 0 fully saturated rings. The van der Waals surface area contributed by atoms with E-state index in [-0.39, 0.29) is 0 Å². The van der Waals surface area contributed by atoms with Crippen molar-refractivity contribution in [1.29, 1.82) is 0 Å². The molecule has 1 aliphatic rings. The fraction of sp³-hybridized carbons (Fsp3) is 0.833. The quantitative estimate of drug-likeness (QED) is 0.747. The fourth-order valence-corrected chi connectivity index (χ4v) is 2.31. The highest BCUT2D eigenvalue weighted by Gasteiger charge is 2.20. The summed E-state index contributed by atoms with van der Waals surface area (Å²) in [6.45, 7) is 7.89. The summed E-state index contributed by atoms with van der Waals surface area (Å²) < 4.78 is 7.40. The summed E-state index contributed by atoms with van der Waals surface area (Å²) in [6, 6.07) is 0.393. The Morgan fingerprint density at radius 2 is 2.39 bits per heavy atom. The summed E-state index contributed by atoms with van der Waals surface area (Å²) in [5, 5.41) is 11.6. The SMILES string of the molecule is CCCNC(COC)CN1CCn2cnnc2C1. The molecule has 2 rings (SSSR count). The lowest BCUT2D eigenvalue weighted by atomic mass is 10.2. The monoisotopic (exact) mass is 253 g/mol. The molecule has 18 heavy (non-hydrogen) atoms. The molecule has 1 unspecified atom stereocenters. The molecule has 0 spiro atoms. The van der Waals surface area contributed by atoms with Gasteiger partial charge in [-0.15, -0.1) is 10.2 Å². The number of nitrogens with zero attached hydrogens (tertiary/aromatic N) is 4. The number of methoxy groups -OCH3 is 1. The van der Waals surface area contributed by atoms with E-state index >= 15 is 0 Å². The smallest absolute Gasteiger partial charge is 0.147 e. The second kappa shape index (κ2) is 6.82. The highest BCUT2D eigenvalue weighted by molar-refractivity contribution is 4.90. The maximum Gasteiger partial charge on any atom is 0.147 e. The van der Waals surface area contributed by atoms with Gasteiger partial charge < -0.3 is 14.6 Å². The molecule has 0 amide bonds. The van der Waals surface area contributed by atoms with Gasteiger partial charge in [0.05, 0.1) is 13.2 Å². The molecule has 0 aliphatic carbocycles. The van der Waals surface area contributed by atoms with Crippen LogP contribution in [0.2, 0.25) is 0 Å². The van der Waals surface area contributed by atoms with Gasteiger partial charge in [-0.2, -0.15) is 0 Å². The first-order chi connectivity index (χ1) is 8.83. The van der Waals surface area contributed by atoms with Crippen LogP contribution in [0.4, 0.5) is 0 Å². The summed E-state index contributed by atoms with van der Waals surface area (Å²) in [4.78, 5) is 2.41. The van der Waals surface area contributed by atoms with E-state index in [0.717, 1.165) is 51.6 Å². The van der Waals surface area contributed by atoms with Gasteiger partial charge in [-0.3, -0.25) is 4.90 Å². The van der Waals surface area contributed by atoms with E-state index in [1.54, 1.807) is 7.11 Å². The first-order valence-electron chi connectivity index (χ1n) is 6.64. The number of fused-ring (bicyclic) bond motifs is 1. The summed E-state index contributed by atoms with van der Waals surface area (Å²) in [6.07, 6.45) is 2.96. The minimum absolute atomic E-state index is 0.393. The van der Waals surface area contributed by atoms with Crippen molar-refractivity contribution in [3.63, 3.8) is 0 Å². The van der Waals surface area contributed by atoms with Crippen LogP contribution in [0.5, 0.6) is 0 Å². The number of rotatable bonds is 7. The number of hydrogen-bond acceptors (Lipinski definition) is 5. The van der Waals surface area contributed by atoms with Crippen LogP contribution in [0.15, 0.2) is 6.33 Å². The van der Waals surface area contributed by atoms with Crippen molar-refractivity contribution < 1.29 is 4.74 Å². The molecule has 2 heterocycles. The van der Waals surface area contributed by atoms with Crippen LogP contribution in [-0.2, 0) is 17.8 Å². The van der Waals surface area contributed by atoms with Crippen molar-refractivity contribution in [2.45, 2.75) is 32.5 Å². The molecule has 0 saturated heterocycles. The van der Waals surface area contributed by atoms with Crippen LogP contribution < -0.4 is 5.32 Å². The van der Waals surface area contributed by atoms with Gasteiger partial charge in [0.1, 0.15) is 12.2 Å². The normalized spacial score (nSPS) is 17.7. The first-order valence-corrected chi connectivity index (χ1v) is 6.64. The van der Waals surface area contributed by atoms with Gasteiger partial charge in [0, 0.05) is 32.8 Å². The second-order valence-corrected chi connectivity index (χ2v) is 4.78. The fourth-order valence-electron chi connectivity index (χ4n) is 2.31. The van der Waals surface area contributed by atoms with Gasteiger partial charge in [0.2, 0.25) is 0 Å². The van der Waals surface area contributed by atoms with Gasteiger partial charge >= 0.3 is 0 Å². The third-order valence-corrected chi connectivity index (χ3v) is 3.25. The van der Waals surface area contributed by atoms with Crippen molar-refractivity contribution in [2.24, 2.45) is 0 Å². The number of aromatic nitrogens is 3. The van der Waals surface area contributed by atoms with Crippen LogP contribution in [-0.4, -0.2) is 59.1 Å². The Bertz CT molecular complexity index is 354. The Morgan fingerprint density at radius 1 is 1.50 bits per heavy atom. The highest BCUT2D eigenvalue weighted by atomic mass is 16.5. The lowest BCUT2D eigenvalue weighted by Crippen LogP contribution is -2.46. The molecule has 1 N–H and O–H groups in total. The summed E-state index contributed by atoms with van der Waals surface area (Å²) in [5.41, 5.74) is 0. The maximum absolute atomic E-state index is 5.27. The van der Waals surface area contributed by atoms with E-state index in [9.17, 15) is 0 Å². The minimum atomic E-state index is 0.393.